The average Bonchev–Trinajstić information content (AvgIpc) is 3.11. The quantitative estimate of drug-likeness (QED) is 0.520. The van der Waals surface area contributed by atoms with Gasteiger partial charge in [-0.2, -0.15) is 4.99 Å². The summed E-state index contributed by atoms with van der Waals surface area (Å²) >= 11 is 1.42. The predicted molar refractivity (Wildman–Crippen MR) is 103 cm³/mol. The molecule has 0 saturated heterocycles. The van der Waals surface area contributed by atoms with Crippen LogP contribution in [-0.4, -0.2) is 33.7 Å². The molecule has 3 amide bonds. The van der Waals surface area contributed by atoms with E-state index in [4.69, 9.17) is 0 Å². The number of aromatic nitrogens is 1. The Balaban J connectivity index is 1.74. The van der Waals surface area contributed by atoms with Crippen LogP contribution in [0.15, 0.2) is 60.1 Å². The van der Waals surface area contributed by atoms with E-state index in [0.717, 1.165) is 15.1 Å². The van der Waals surface area contributed by atoms with Gasteiger partial charge >= 0.3 is 0 Å². The zero-order valence-electron chi connectivity index (χ0n) is 14.5. The minimum atomic E-state index is -0.456. The highest BCUT2D eigenvalue weighted by molar-refractivity contribution is 7.16. The van der Waals surface area contributed by atoms with Crippen molar-refractivity contribution in [2.24, 2.45) is 12.0 Å². The number of amides is 3. The van der Waals surface area contributed by atoms with Gasteiger partial charge in [0.1, 0.15) is 0 Å². The average molecular weight is 377 g/mol. The molecule has 2 heterocycles. The number of hydrogen-bond acceptors (Lipinski definition) is 4. The summed E-state index contributed by atoms with van der Waals surface area (Å²) in [6.07, 6.45) is 1.49. The molecule has 0 aliphatic carbocycles. The molecular weight excluding hydrogens is 362 g/mol. The van der Waals surface area contributed by atoms with E-state index in [-0.39, 0.29) is 23.6 Å². The number of imide groups is 1. The Kier molecular flexibility index (Phi) is 4.08. The van der Waals surface area contributed by atoms with Gasteiger partial charge in [-0.25, -0.2) is 0 Å². The van der Waals surface area contributed by atoms with Crippen molar-refractivity contribution in [3.63, 3.8) is 0 Å². The first-order valence-electron chi connectivity index (χ1n) is 8.26. The molecule has 1 aromatic heterocycles. The third-order valence-corrected chi connectivity index (χ3v) is 5.55. The lowest BCUT2D eigenvalue weighted by atomic mass is 10.1. The van der Waals surface area contributed by atoms with Gasteiger partial charge in [0, 0.05) is 19.2 Å². The van der Waals surface area contributed by atoms with E-state index < -0.39 is 11.8 Å². The van der Waals surface area contributed by atoms with Gasteiger partial charge in [-0.3, -0.25) is 19.3 Å². The molecule has 4 rings (SSSR count). The number of para-hydroxylation sites is 1. The summed E-state index contributed by atoms with van der Waals surface area (Å²) in [6, 6.07) is 12.3. The van der Waals surface area contributed by atoms with Crippen molar-refractivity contribution in [3.05, 3.63) is 76.6 Å². The van der Waals surface area contributed by atoms with Crippen molar-refractivity contribution < 1.29 is 14.4 Å². The van der Waals surface area contributed by atoms with Crippen molar-refractivity contribution in [2.75, 3.05) is 6.54 Å². The van der Waals surface area contributed by atoms with Crippen molar-refractivity contribution in [1.29, 1.82) is 0 Å². The maximum absolute atomic E-state index is 12.6. The van der Waals surface area contributed by atoms with Crippen molar-refractivity contribution in [1.82, 2.24) is 9.47 Å². The van der Waals surface area contributed by atoms with E-state index in [1.807, 2.05) is 35.9 Å². The summed E-state index contributed by atoms with van der Waals surface area (Å²) in [6.45, 7) is 3.69. The highest BCUT2D eigenvalue weighted by Gasteiger charge is 2.35. The summed E-state index contributed by atoms with van der Waals surface area (Å²) in [5.41, 5.74) is 1.78. The Morgan fingerprint density at radius 2 is 1.89 bits per heavy atom. The van der Waals surface area contributed by atoms with E-state index >= 15 is 0 Å². The molecule has 6 nitrogen and oxygen atoms in total. The van der Waals surface area contributed by atoms with Gasteiger partial charge in [0.2, 0.25) is 0 Å². The molecule has 0 spiro atoms. The van der Waals surface area contributed by atoms with Crippen molar-refractivity contribution in [2.45, 2.75) is 0 Å². The molecule has 27 heavy (non-hydrogen) atoms. The van der Waals surface area contributed by atoms with E-state index in [1.165, 1.54) is 35.6 Å². The third kappa shape index (κ3) is 2.72. The lowest BCUT2D eigenvalue weighted by Crippen LogP contribution is -2.29. The fraction of sp³-hybridized carbons (Fsp3) is 0.100. The highest BCUT2D eigenvalue weighted by atomic mass is 32.1. The van der Waals surface area contributed by atoms with E-state index in [0.29, 0.717) is 10.4 Å². The van der Waals surface area contributed by atoms with Crippen molar-refractivity contribution in [3.8, 4) is 0 Å². The van der Waals surface area contributed by atoms with Crippen LogP contribution in [0, 0.1) is 0 Å². The van der Waals surface area contributed by atoms with Crippen LogP contribution >= 0.6 is 11.3 Å². The monoisotopic (exact) mass is 377 g/mol. The third-order valence-electron chi connectivity index (χ3n) is 4.44. The first kappa shape index (κ1) is 17.1. The Bertz CT molecular complexity index is 1200. The minimum Gasteiger partial charge on any atom is -0.319 e. The predicted octanol–water partition coefficient (Wildman–Crippen LogP) is 2.76. The summed E-state index contributed by atoms with van der Waals surface area (Å²) in [7, 11) is 1.85. The van der Waals surface area contributed by atoms with Gasteiger partial charge in [-0.1, -0.05) is 29.5 Å². The minimum absolute atomic E-state index is 0.137. The Labute approximate surface area is 158 Å². The van der Waals surface area contributed by atoms with Gasteiger partial charge < -0.3 is 4.57 Å². The molecule has 0 N–H and O–H groups in total. The summed E-state index contributed by atoms with van der Waals surface area (Å²) in [5.74, 6) is -1.25. The molecule has 1 aliphatic rings. The van der Waals surface area contributed by atoms with E-state index in [1.54, 1.807) is 0 Å². The van der Waals surface area contributed by atoms with Crippen LogP contribution in [0.2, 0.25) is 0 Å². The molecule has 0 radical (unpaired) electrons. The molecule has 7 heteroatoms. The lowest BCUT2D eigenvalue weighted by molar-refractivity contribution is 0.0672. The fourth-order valence-corrected chi connectivity index (χ4v) is 4.08. The number of rotatable bonds is 3. The maximum atomic E-state index is 12.6. The first-order valence-corrected chi connectivity index (χ1v) is 9.07. The number of aryl methyl sites for hydroxylation is 1. The summed E-state index contributed by atoms with van der Waals surface area (Å²) in [5, 5.41) is 0. The zero-order chi connectivity index (χ0) is 19.1. The van der Waals surface area contributed by atoms with Crippen LogP contribution < -0.4 is 4.80 Å². The van der Waals surface area contributed by atoms with Gasteiger partial charge in [0.25, 0.3) is 17.7 Å². The number of benzene rings is 2. The second-order valence-electron chi connectivity index (χ2n) is 6.10. The highest BCUT2D eigenvalue weighted by Crippen LogP contribution is 2.24. The Morgan fingerprint density at radius 1 is 1.15 bits per heavy atom. The number of carbonyl (C=O) groups excluding carboxylic acids is 3. The van der Waals surface area contributed by atoms with Gasteiger partial charge in [-0.05, 0) is 30.3 Å². The maximum Gasteiger partial charge on any atom is 0.279 e. The SMILES string of the molecule is C=CCN1C(=O)c2ccc(C(=O)N=c3sc4ccccc4n3C)cc2C1=O. The van der Waals surface area contributed by atoms with Crippen LogP contribution in [0.4, 0.5) is 0 Å². The zero-order valence-corrected chi connectivity index (χ0v) is 15.3. The summed E-state index contributed by atoms with van der Waals surface area (Å²) < 4.78 is 2.88. The molecule has 3 aromatic rings. The van der Waals surface area contributed by atoms with Gasteiger partial charge in [0.15, 0.2) is 4.80 Å². The van der Waals surface area contributed by atoms with E-state index in [9.17, 15) is 14.4 Å². The molecule has 1 aliphatic heterocycles. The Hall–Kier alpha value is -3.32. The number of hydrogen-bond donors (Lipinski definition) is 0. The van der Waals surface area contributed by atoms with Crippen LogP contribution in [-0.2, 0) is 7.05 Å². The van der Waals surface area contributed by atoms with Gasteiger partial charge in [0.05, 0.1) is 21.3 Å². The van der Waals surface area contributed by atoms with Crippen molar-refractivity contribution >= 4 is 39.3 Å². The lowest BCUT2D eigenvalue weighted by Gasteiger charge is -2.09. The number of carbonyl (C=O) groups is 3. The molecule has 0 atom stereocenters. The van der Waals surface area contributed by atoms with Crippen LogP contribution in [0.25, 0.3) is 10.2 Å². The first-order chi connectivity index (χ1) is 13.0. The smallest absolute Gasteiger partial charge is 0.279 e. The normalized spacial score (nSPS) is 14.1. The molecule has 0 fully saturated rings. The van der Waals surface area contributed by atoms with Crippen LogP contribution in [0.3, 0.4) is 0 Å². The second kappa shape index (κ2) is 6.44. The second-order valence-corrected chi connectivity index (χ2v) is 7.11. The fourth-order valence-electron chi connectivity index (χ4n) is 3.06. The number of fused-ring (bicyclic) bond motifs is 2. The molecule has 0 saturated carbocycles. The standard InChI is InChI=1S/C20H15N3O3S/c1-3-10-23-18(25)13-9-8-12(11-14(13)19(23)26)17(24)21-20-22(2)15-6-4-5-7-16(15)27-20/h3-9,11H,1,10H2,2H3. The van der Waals surface area contributed by atoms with Crippen LogP contribution in [0.5, 0.6) is 0 Å². The van der Waals surface area contributed by atoms with Gasteiger partial charge in [-0.15, -0.1) is 6.58 Å². The number of thiazole rings is 1. The number of nitrogens with zero attached hydrogens (tertiary/aromatic N) is 3. The topological polar surface area (TPSA) is 71.7 Å². The molecule has 0 unspecified atom stereocenters. The molecular formula is C20H15N3O3S. The molecule has 2 aromatic carbocycles. The summed E-state index contributed by atoms with van der Waals surface area (Å²) in [4.78, 5) is 43.2. The van der Waals surface area contributed by atoms with E-state index in [2.05, 4.69) is 11.6 Å². The largest absolute Gasteiger partial charge is 0.319 e. The Morgan fingerprint density at radius 3 is 2.63 bits per heavy atom. The molecule has 0 bridgehead atoms. The van der Waals surface area contributed by atoms with Crippen LogP contribution in [0.1, 0.15) is 31.1 Å². The molecule has 134 valence electrons.